The Morgan fingerprint density at radius 2 is 1.88 bits per heavy atom. The molecule has 1 aromatic carbocycles. The van der Waals surface area contributed by atoms with Crippen molar-refractivity contribution in [1.29, 1.82) is 0 Å². The summed E-state index contributed by atoms with van der Waals surface area (Å²) >= 11 is 4.29. The van der Waals surface area contributed by atoms with Gasteiger partial charge in [0.25, 0.3) is 0 Å². The smallest absolute Gasteiger partial charge is 0.340 e. The molecule has 0 aliphatic carbocycles. The normalized spacial score (nSPS) is 10.9. The number of hydrogen-bond donors (Lipinski definition) is 1. The van der Waals surface area contributed by atoms with Crippen LogP contribution in [-0.2, 0) is 16.1 Å². The largest absolute Gasteiger partial charge is 0.465 e. The molecule has 0 aliphatic heterocycles. The van der Waals surface area contributed by atoms with E-state index in [-0.39, 0.29) is 11.7 Å². The first-order valence-electron chi connectivity index (χ1n) is 10.6. The summed E-state index contributed by atoms with van der Waals surface area (Å²) in [5, 5.41) is 16.7. The van der Waals surface area contributed by atoms with E-state index in [0.717, 1.165) is 22.5 Å². The first-order chi connectivity index (χ1) is 16.4. The Morgan fingerprint density at radius 3 is 2.59 bits per heavy atom. The van der Waals surface area contributed by atoms with E-state index in [9.17, 15) is 9.59 Å². The van der Waals surface area contributed by atoms with Crippen molar-refractivity contribution in [2.45, 2.75) is 32.5 Å². The van der Waals surface area contributed by atoms with Crippen molar-refractivity contribution in [2.75, 3.05) is 18.2 Å². The quantitative estimate of drug-likeness (QED) is 0.234. The SMILES string of the molecule is CCn1c(SCC(=O)Nc2sccc2C(=O)OC)nnc1-c1csc(C)c1-c1ccc(C)cc1. The zero-order valence-electron chi connectivity index (χ0n) is 19.2. The molecule has 0 radical (unpaired) electrons. The number of aromatic nitrogens is 3. The second-order valence-corrected chi connectivity index (χ2v) is 10.4. The summed E-state index contributed by atoms with van der Waals surface area (Å²) in [7, 11) is 1.32. The molecule has 3 aromatic heterocycles. The number of rotatable bonds is 8. The lowest BCUT2D eigenvalue weighted by molar-refractivity contribution is -0.113. The van der Waals surface area contributed by atoms with Crippen molar-refractivity contribution < 1.29 is 14.3 Å². The number of benzene rings is 1. The number of carbonyl (C=O) groups excluding carboxylic acids is 2. The van der Waals surface area contributed by atoms with Crippen molar-refractivity contribution >= 4 is 51.3 Å². The maximum Gasteiger partial charge on any atom is 0.340 e. The van der Waals surface area contributed by atoms with E-state index in [4.69, 9.17) is 4.74 Å². The molecular formula is C24H24N4O3S3. The average Bonchev–Trinajstić information content (AvgIpc) is 3.56. The third kappa shape index (κ3) is 4.94. The number of ether oxygens (including phenoxy) is 1. The molecule has 0 saturated carbocycles. The third-order valence-electron chi connectivity index (χ3n) is 5.25. The molecule has 176 valence electrons. The van der Waals surface area contributed by atoms with Crippen LogP contribution >= 0.6 is 34.4 Å². The number of hydrogen-bond acceptors (Lipinski definition) is 8. The molecule has 1 N–H and O–H groups in total. The minimum atomic E-state index is -0.477. The summed E-state index contributed by atoms with van der Waals surface area (Å²) in [6.45, 7) is 6.90. The highest BCUT2D eigenvalue weighted by Crippen LogP contribution is 2.39. The Labute approximate surface area is 210 Å². The molecule has 0 aliphatic rings. The lowest BCUT2D eigenvalue weighted by atomic mass is 10.0. The van der Waals surface area contributed by atoms with Crippen molar-refractivity contribution in [3.63, 3.8) is 0 Å². The van der Waals surface area contributed by atoms with E-state index < -0.39 is 5.97 Å². The number of carbonyl (C=O) groups is 2. The Kier molecular flexibility index (Phi) is 7.50. The monoisotopic (exact) mass is 512 g/mol. The van der Waals surface area contributed by atoms with Crippen molar-refractivity contribution in [1.82, 2.24) is 14.8 Å². The fraction of sp³-hybridized carbons (Fsp3) is 0.250. The van der Waals surface area contributed by atoms with Gasteiger partial charge in [-0.3, -0.25) is 4.79 Å². The second-order valence-electron chi connectivity index (χ2n) is 7.49. The lowest BCUT2D eigenvalue weighted by Gasteiger charge is -2.10. The number of nitrogens with zero attached hydrogens (tertiary/aromatic N) is 3. The summed E-state index contributed by atoms with van der Waals surface area (Å²) in [6, 6.07) is 10.1. The lowest BCUT2D eigenvalue weighted by Crippen LogP contribution is -2.16. The van der Waals surface area contributed by atoms with Crippen LogP contribution in [0.15, 0.2) is 46.2 Å². The minimum absolute atomic E-state index is 0.143. The first kappa shape index (κ1) is 24.2. The molecule has 34 heavy (non-hydrogen) atoms. The number of thioether (sulfide) groups is 1. The molecule has 0 atom stereocenters. The molecule has 0 unspecified atom stereocenters. The van der Waals surface area contributed by atoms with Gasteiger partial charge in [0.05, 0.1) is 18.4 Å². The minimum Gasteiger partial charge on any atom is -0.465 e. The summed E-state index contributed by atoms with van der Waals surface area (Å²) in [6.07, 6.45) is 0. The molecule has 0 saturated heterocycles. The zero-order chi connectivity index (χ0) is 24.2. The number of nitrogens with one attached hydrogen (secondary N) is 1. The Hall–Kier alpha value is -2.95. The van der Waals surface area contributed by atoms with Crippen LogP contribution in [-0.4, -0.2) is 39.5 Å². The highest BCUT2D eigenvalue weighted by Gasteiger charge is 2.21. The number of anilines is 1. The summed E-state index contributed by atoms with van der Waals surface area (Å²) in [4.78, 5) is 25.6. The highest BCUT2D eigenvalue weighted by atomic mass is 32.2. The van der Waals surface area contributed by atoms with Crippen LogP contribution in [0, 0.1) is 13.8 Å². The Balaban J connectivity index is 1.53. The van der Waals surface area contributed by atoms with Gasteiger partial charge in [-0.1, -0.05) is 41.6 Å². The van der Waals surface area contributed by atoms with Crippen LogP contribution in [0.5, 0.6) is 0 Å². The van der Waals surface area contributed by atoms with Gasteiger partial charge >= 0.3 is 5.97 Å². The van der Waals surface area contributed by atoms with E-state index in [1.807, 2.05) is 11.5 Å². The van der Waals surface area contributed by atoms with Gasteiger partial charge in [0.15, 0.2) is 11.0 Å². The van der Waals surface area contributed by atoms with Gasteiger partial charge in [-0.2, -0.15) is 0 Å². The Morgan fingerprint density at radius 1 is 1.12 bits per heavy atom. The van der Waals surface area contributed by atoms with E-state index >= 15 is 0 Å². The van der Waals surface area contributed by atoms with Gasteiger partial charge in [-0.05, 0) is 37.8 Å². The molecule has 0 spiro atoms. The predicted octanol–water partition coefficient (Wildman–Crippen LogP) is 5.89. The third-order valence-corrected chi connectivity index (χ3v) is 7.95. The van der Waals surface area contributed by atoms with Gasteiger partial charge in [0.1, 0.15) is 5.00 Å². The van der Waals surface area contributed by atoms with Crippen molar-refractivity contribution in [3.8, 4) is 22.5 Å². The fourth-order valence-corrected chi connectivity index (χ4v) is 6.00. The predicted molar refractivity (Wildman–Crippen MR) is 139 cm³/mol. The van der Waals surface area contributed by atoms with Crippen LogP contribution in [0.25, 0.3) is 22.5 Å². The molecule has 10 heteroatoms. The van der Waals surface area contributed by atoms with Gasteiger partial charge < -0.3 is 14.6 Å². The maximum absolute atomic E-state index is 12.6. The average molecular weight is 513 g/mol. The number of aryl methyl sites for hydroxylation is 2. The summed E-state index contributed by atoms with van der Waals surface area (Å²) in [5.74, 6) is 0.229. The molecule has 4 rings (SSSR count). The zero-order valence-corrected chi connectivity index (χ0v) is 21.7. The first-order valence-corrected chi connectivity index (χ1v) is 13.3. The van der Waals surface area contributed by atoms with Crippen molar-refractivity contribution in [3.05, 3.63) is 57.1 Å². The molecular weight excluding hydrogens is 488 g/mol. The van der Waals surface area contributed by atoms with Crippen LogP contribution in [0.4, 0.5) is 5.00 Å². The molecule has 7 nitrogen and oxygen atoms in total. The second kappa shape index (κ2) is 10.5. The van der Waals surface area contributed by atoms with Gasteiger partial charge in [0, 0.05) is 27.9 Å². The number of esters is 1. The van der Waals surface area contributed by atoms with E-state index in [0.29, 0.717) is 22.3 Å². The van der Waals surface area contributed by atoms with E-state index in [2.05, 4.69) is 59.0 Å². The van der Waals surface area contributed by atoms with Crippen LogP contribution in [0.3, 0.4) is 0 Å². The standard InChI is InChI=1S/C24H24N4O3S3/c1-5-28-21(18-12-33-15(3)20(18)16-8-6-14(2)7-9-16)26-27-24(28)34-13-19(29)25-22-17(10-11-32-22)23(30)31-4/h6-12H,5,13H2,1-4H3,(H,25,29). The Bertz CT molecular complexity index is 1320. The summed E-state index contributed by atoms with van der Waals surface area (Å²) in [5.41, 5.74) is 4.91. The van der Waals surface area contributed by atoms with Crippen molar-refractivity contribution in [2.24, 2.45) is 0 Å². The molecule has 0 fully saturated rings. The number of thiophene rings is 2. The molecule has 4 aromatic rings. The fourth-order valence-electron chi connectivity index (χ4n) is 3.55. The van der Waals surface area contributed by atoms with Gasteiger partial charge in [-0.25, -0.2) is 4.79 Å². The van der Waals surface area contributed by atoms with Crippen LogP contribution in [0.2, 0.25) is 0 Å². The highest BCUT2D eigenvalue weighted by molar-refractivity contribution is 7.99. The summed E-state index contributed by atoms with van der Waals surface area (Å²) < 4.78 is 6.79. The topological polar surface area (TPSA) is 86.1 Å². The van der Waals surface area contributed by atoms with Crippen LogP contribution < -0.4 is 5.32 Å². The van der Waals surface area contributed by atoms with E-state index in [1.54, 1.807) is 22.8 Å². The molecule has 3 heterocycles. The van der Waals surface area contributed by atoms with Crippen LogP contribution in [0.1, 0.15) is 27.7 Å². The van der Waals surface area contributed by atoms with Gasteiger partial charge in [0.2, 0.25) is 5.91 Å². The maximum atomic E-state index is 12.6. The molecule has 0 bridgehead atoms. The number of amides is 1. The molecule has 1 amide bonds. The number of methoxy groups -OCH3 is 1. The van der Waals surface area contributed by atoms with E-state index in [1.165, 1.54) is 40.6 Å². The van der Waals surface area contributed by atoms with Gasteiger partial charge in [-0.15, -0.1) is 32.9 Å².